The molecule has 0 aliphatic heterocycles. The minimum Gasteiger partial charge on any atom is -0.475 e. The average molecular weight is 245 g/mol. The largest absolute Gasteiger partial charge is 0.475 e. The molecule has 18 heavy (non-hydrogen) atoms. The zero-order valence-electron chi connectivity index (χ0n) is 9.64. The smallest absolute Gasteiger partial charge is 0.274 e. The van der Waals surface area contributed by atoms with E-state index < -0.39 is 12.0 Å². The number of amides is 1. The van der Waals surface area contributed by atoms with Crippen LogP contribution in [0.15, 0.2) is 28.7 Å². The van der Waals surface area contributed by atoms with E-state index in [4.69, 9.17) is 20.3 Å². The molecule has 0 saturated carbocycles. The molecule has 0 radical (unpaired) electrons. The molecule has 1 amide bonds. The number of hydrogen-bond acceptors (Lipinski definition) is 5. The first-order valence-electron chi connectivity index (χ1n) is 5.26. The Labute approximate surface area is 103 Å². The highest BCUT2D eigenvalue weighted by molar-refractivity contribution is 5.87. The lowest BCUT2D eigenvalue weighted by Crippen LogP contribution is -2.40. The Morgan fingerprint density at radius 2 is 2.28 bits per heavy atom. The van der Waals surface area contributed by atoms with E-state index in [1.165, 1.54) is 6.92 Å². The molecule has 6 nitrogen and oxygen atoms in total. The van der Waals surface area contributed by atoms with E-state index in [1.54, 1.807) is 24.3 Å². The van der Waals surface area contributed by atoms with Crippen molar-refractivity contribution in [2.24, 2.45) is 5.84 Å². The number of furan rings is 1. The minimum atomic E-state index is -0.817. The molecule has 6 heteroatoms. The number of nitrogens with zero attached hydrogens (tertiary/aromatic N) is 1. The number of carbonyl (C=O) groups is 1. The van der Waals surface area contributed by atoms with Gasteiger partial charge in [-0.3, -0.25) is 10.2 Å². The summed E-state index contributed by atoms with van der Waals surface area (Å²) in [6.07, 6.45) is -0.817. The van der Waals surface area contributed by atoms with Crippen LogP contribution in [0.3, 0.4) is 0 Å². The Hall–Kier alpha value is -2.52. The Bertz CT molecular complexity index is 627. The van der Waals surface area contributed by atoms with Crippen molar-refractivity contribution in [3.8, 4) is 11.8 Å². The van der Waals surface area contributed by atoms with Crippen molar-refractivity contribution in [1.29, 1.82) is 5.26 Å². The summed E-state index contributed by atoms with van der Waals surface area (Å²) in [7, 11) is 0. The van der Waals surface area contributed by atoms with E-state index in [0.717, 1.165) is 0 Å². The van der Waals surface area contributed by atoms with Crippen molar-refractivity contribution in [2.45, 2.75) is 13.0 Å². The van der Waals surface area contributed by atoms with E-state index in [9.17, 15) is 4.79 Å². The maximum Gasteiger partial charge on any atom is 0.274 e. The standard InChI is InChI=1S/C12H11N3O3/c1-7(12(16)15-14)17-11-8-4-2-3-5-9(8)18-10(11)6-13/h2-5,7H,14H2,1H3,(H,15,16). The summed E-state index contributed by atoms with van der Waals surface area (Å²) >= 11 is 0. The highest BCUT2D eigenvalue weighted by Crippen LogP contribution is 2.33. The second kappa shape index (κ2) is 4.77. The van der Waals surface area contributed by atoms with Crippen LogP contribution in [0.25, 0.3) is 11.0 Å². The average Bonchev–Trinajstić information content (AvgIpc) is 2.76. The van der Waals surface area contributed by atoms with Crippen LogP contribution in [0.1, 0.15) is 12.7 Å². The molecule has 1 atom stereocenters. The van der Waals surface area contributed by atoms with Gasteiger partial charge in [0.2, 0.25) is 5.76 Å². The topological polar surface area (TPSA) is 101 Å². The van der Waals surface area contributed by atoms with Gasteiger partial charge in [-0.2, -0.15) is 5.26 Å². The van der Waals surface area contributed by atoms with Crippen molar-refractivity contribution in [3.05, 3.63) is 30.0 Å². The molecule has 0 fully saturated rings. The predicted molar refractivity (Wildman–Crippen MR) is 63.3 cm³/mol. The predicted octanol–water partition coefficient (Wildman–Crippen LogP) is 1.06. The van der Waals surface area contributed by atoms with E-state index in [2.05, 4.69) is 0 Å². The summed E-state index contributed by atoms with van der Waals surface area (Å²) in [5.41, 5.74) is 2.52. The molecular weight excluding hydrogens is 234 g/mol. The maximum atomic E-state index is 11.3. The van der Waals surface area contributed by atoms with Crippen LogP contribution >= 0.6 is 0 Å². The molecule has 0 saturated heterocycles. The summed E-state index contributed by atoms with van der Waals surface area (Å²) in [4.78, 5) is 11.3. The van der Waals surface area contributed by atoms with E-state index in [0.29, 0.717) is 11.0 Å². The quantitative estimate of drug-likeness (QED) is 0.478. The van der Waals surface area contributed by atoms with Gasteiger partial charge in [-0.25, -0.2) is 5.84 Å². The molecule has 0 aliphatic carbocycles. The summed E-state index contributed by atoms with van der Waals surface area (Å²) in [5.74, 6) is 4.82. The molecule has 1 unspecified atom stereocenters. The second-order valence-electron chi connectivity index (χ2n) is 3.64. The number of ether oxygens (including phenoxy) is 1. The molecule has 92 valence electrons. The van der Waals surface area contributed by atoms with Gasteiger partial charge in [0, 0.05) is 0 Å². The molecule has 2 rings (SSSR count). The van der Waals surface area contributed by atoms with Crippen LogP contribution in [0, 0.1) is 11.3 Å². The maximum absolute atomic E-state index is 11.3. The van der Waals surface area contributed by atoms with Gasteiger partial charge in [0.15, 0.2) is 11.9 Å². The van der Waals surface area contributed by atoms with Gasteiger partial charge < -0.3 is 9.15 Å². The second-order valence-corrected chi connectivity index (χ2v) is 3.64. The van der Waals surface area contributed by atoms with E-state index in [-0.39, 0.29) is 11.5 Å². The lowest BCUT2D eigenvalue weighted by Gasteiger charge is -2.11. The van der Waals surface area contributed by atoms with Crippen molar-refractivity contribution in [2.75, 3.05) is 0 Å². The molecule has 0 aliphatic rings. The molecule has 3 N–H and O–H groups in total. The van der Waals surface area contributed by atoms with Crippen LogP contribution < -0.4 is 16.0 Å². The zero-order chi connectivity index (χ0) is 13.1. The number of rotatable bonds is 3. The molecule has 1 heterocycles. The summed E-state index contributed by atoms with van der Waals surface area (Å²) < 4.78 is 10.7. The van der Waals surface area contributed by atoms with Crippen LogP contribution in [0.4, 0.5) is 0 Å². The fraction of sp³-hybridized carbons (Fsp3) is 0.167. The lowest BCUT2D eigenvalue weighted by atomic mass is 10.2. The highest BCUT2D eigenvalue weighted by Gasteiger charge is 2.20. The fourth-order valence-corrected chi connectivity index (χ4v) is 1.56. The molecule has 2 aromatic rings. The minimum absolute atomic E-state index is 0.0351. The summed E-state index contributed by atoms with van der Waals surface area (Å²) in [6.45, 7) is 1.53. The number of hydrazine groups is 1. The van der Waals surface area contributed by atoms with Crippen molar-refractivity contribution < 1.29 is 13.9 Å². The Balaban J connectivity index is 2.43. The molecular formula is C12H11N3O3. The summed E-state index contributed by atoms with van der Waals surface area (Å²) in [5, 5.41) is 9.62. The number of para-hydroxylation sites is 1. The number of nitrogens with one attached hydrogen (secondary N) is 1. The van der Waals surface area contributed by atoms with Gasteiger partial charge in [0.25, 0.3) is 5.91 Å². The first-order chi connectivity index (χ1) is 8.67. The van der Waals surface area contributed by atoms with Crippen LogP contribution in [0.5, 0.6) is 5.75 Å². The van der Waals surface area contributed by atoms with Gasteiger partial charge in [-0.15, -0.1) is 0 Å². The third-order valence-electron chi connectivity index (χ3n) is 2.46. The summed E-state index contributed by atoms with van der Waals surface area (Å²) in [6, 6.07) is 8.94. The number of nitriles is 1. The number of nitrogens with two attached hydrogens (primary N) is 1. The van der Waals surface area contributed by atoms with Gasteiger partial charge in [-0.1, -0.05) is 12.1 Å². The van der Waals surface area contributed by atoms with Gasteiger partial charge >= 0.3 is 0 Å². The van der Waals surface area contributed by atoms with Crippen LogP contribution in [-0.2, 0) is 4.79 Å². The number of fused-ring (bicyclic) bond motifs is 1. The normalized spacial score (nSPS) is 11.8. The highest BCUT2D eigenvalue weighted by atomic mass is 16.5. The van der Waals surface area contributed by atoms with Crippen LogP contribution in [0.2, 0.25) is 0 Å². The van der Waals surface area contributed by atoms with Crippen LogP contribution in [-0.4, -0.2) is 12.0 Å². The Morgan fingerprint density at radius 3 is 2.94 bits per heavy atom. The Morgan fingerprint density at radius 1 is 1.56 bits per heavy atom. The van der Waals surface area contributed by atoms with Crippen molar-refractivity contribution in [3.63, 3.8) is 0 Å². The third kappa shape index (κ3) is 1.99. The van der Waals surface area contributed by atoms with Crippen molar-refractivity contribution in [1.82, 2.24) is 5.43 Å². The SMILES string of the molecule is CC(Oc1c(C#N)oc2ccccc12)C(=O)NN. The molecule has 0 bridgehead atoms. The molecule has 0 spiro atoms. The molecule has 1 aromatic carbocycles. The van der Waals surface area contributed by atoms with Gasteiger partial charge in [0.05, 0.1) is 5.39 Å². The van der Waals surface area contributed by atoms with Gasteiger partial charge in [0.1, 0.15) is 11.7 Å². The first kappa shape index (κ1) is 12.0. The third-order valence-corrected chi connectivity index (χ3v) is 2.46. The first-order valence-corrected chi connectivity index (χ1v) is 5.26. The van der Waals surface area contributed by atoms with E-state index in [1.807, 2.05) is 11.5 Å². The Kier molecular flexibility index (Phi) is 3.17. The lowest BCUT2D eigenvalue weighted by molar-refractivity contribution is -0.127. The zero-order valence-corrected chi connectivity index (χ0v) is 9.64. The van der Waals surface area contributed by atoms with Gasteiger partial charge in [-0.05, 0) is 19.1 Å². The number of hydrogen-bond donors (Lipinski definition) is 2. The number of carbonyl (C=O) groups excluding carboxylic acids is 1. The van der Waals surface area contributed by atoms with Crippen molar-refractivity contribution >= 4 is 16.9 Å². The fourth-order valence-electron chi connectivity index (χ4n) is 1.56. The van der Waals surface area contributed by atoms with E-state index >= 15 is 0 Å². The molecule has 1 aromatic heterocycles. The number of benzene rings is 1. The monoisotopic (exact) mass is 245 g/mol.